The van der Waals surface area contributed by atoms with Crippen LogP contribution in [0.2, 0.25) is 4.82 Å². The van der Waals surface area contributed by atoms with E-state index in [-0.39, 0.29) is 12.2 Å². The minimum atomic E-state index is 0.279. The third-order valence-electron chi connectivity index (χ3n) is 7.24. The van der Waals surface area contributed by atoms with Crippen LogP contribution in [0.4, 0.5) is 0 Å². The molecule has 3 heterocycles. The molecular formula is C26H40O3Se. The van der Waals surface area contributed by atoms with Crippen LogP contribution in [-0.2, 0) is 14.2 Å². The molecule has 0 spiro atoms. The van der Waals surface area contributed by atoms with E-state index in [2.05, 4.69) is 39.0 Å². The van der Waals surface area contributed by atoms with Crippen molar-refractivity contribution >= 4 is 19.4 Å². The molecule has 0 aliphatic carbocycles. The van der Waals surface area contributed by atoms with Crippen LogP contribution in [0.5, 0.6) is 0 Å². The van der Waals surface area contributed by atoms with Gasteiger partial charge in [-0.25, -0.2) is 0 Å². The Morgan fingerprint density at radius 2 is 1.60 bits per heavy atom. The predicted octanol–water partition coefficient (Wildman–Crippen LogP) is 5.90. The van der Waals surface area contributed by atoms with Crippen LogP contribution in [0.3, 0.4) is 0 Å². The first-order valence-corrected chi connectivity index (χ1v) is 14.2. The van der Waals surface area contributed by atoms with Crippen molar-refractivity contribution in [2.24, 2.45) is 5.92 Å². The van der Waals surface area contributed by atoms with Gasteiger partial charge < -0.3 is 0 Å². The second-order valence-corrected chi connectivity index (χ2v) is 11.9. The summed E-state index contributed by atoms with van der Waals surface area (Å²) in [6, 6.07) is 6.92. The average Bonchev–Trinajstić information content (AvgIpc) is 3.51. The Morgan fingerprint density at radius 1 is 0.933 bits per heavy atom. The zero-order valence-electron chi connectivity index (χ0n) is 19.1. The second-order valence-electron chi connectivity index (χ2n) is 9.44. The quantitative estimate of drug-likeness (QED) is 0.326. The van der Waals surface area contributed by atoms with Crippen LogP contribution in [0.25, 0.3) is 0 Å². The van der Waals surface area contributed by atoms with Gasteiger partial charge in [-0.3, -0.25) is 0 Å². The third-order valence-corrected chi connectivity index (χ3v) is 10.8. The van der Waals surface area contributed by atoms with Gasteiger partial charge in [-0.15, -0.1) is 0 Å². The topological polar surface area (TPSA) is 27.7 Å². The van der Waals surface area contributed by atoms with Gasteiger partial charge in [-0.05, 0) is 0 Å². The Morgan fingerprint density at radius 3 is 2.17 bits per heavy atom. The normalized spacial score (nSPS) is 34.1. The molecule has 0 aromatic heterocycles. The molecule has 0 radical (unpaired) electrons. The van der Waals surface area contributed by atoms with Crippen molar-refractivity contribution in [1.82, 2.24) is 0 Å². The molecule has 168 valence electrons. The zero-order valence-corrected chi connectivity index (χ0v) is 20.8. The van der Waals surface area contributed by atoms with Crippen LogP contribution in [-0.4, -0.2) is 40.4 Å². The van der Waals surface area contributed by atoms with Crippen molar-refractivity contribution in [1.29, 1.82) is 0 Å². The third kappa shape index (κ3) is 5.15. The fraction of sp³-hybridized carbons (Fsp3) is 0.769. The van der Waals surface area contributed by atoms with Gasteiger partial charge in [-0.1, -0.05) is 0 Å². The molecule has 6 atom stereocenters. The summed E-state index contributed by atoms with van der Waals surface area (Å²) in [6.07, 6.45) is 12.5. The molecule has 3 aliphatic rings. The SMILES string of the molecule is CCCCCC[C@@H]1O[C@@H](C)[C@H](C)[C@H]1[Se]c1c([C@@H]2CCCO2)cccc1[C@@H]1CCCO1. The molecule has 0 bridgehead atoms. The molecule has 3 fully saturated rings. The Kier molecular flexibility index (Phi) is 8.33. The fourth-order valence-corrected chi connectivity index (χ4v) is 8.90. The van der Waals surface area contributed by atoms with Gasteiger partial charge in [0.05, 0.1) is 0 Å². The summed E-state index contributed by atoms with van der Waals surface area (Å²) in [5.41, 5.74) is 2.91. The van der Waals surface area contributed by atoms with E-state index in [4.69, 9.17) is 14.2 Å². The van der Waals surface area contributed by atoms with Crippen molar-refractivity contribution in [3.8, 4) is 0 Å². The molecule has 1 aromatic carbocycles. The van der Waals surface area contributed by atoms with Gasteiger partial charge in [0.25, 0.3) is 0 Å². The maximum absolute atomic E-state index is 6.52. The summed E-state index contributed by atoms with van der Waals surface area (Å²) in [6.45, 7) is 8.80. The number of rotatable bonds is 9. The second kappa shape index (κ2) is 11.0. The van der Waals surface area contributed by atoms with Crippen LogP contribution in [0.15, 0.2) is 18.2 Å². The van der Waals surface area contributed by atoms with Crippen molar-refractivity contribution < 1.29 is 14.2 Å². The molecule has 30 heavy (non-hydrogen) atoms. The zero-order chi connectivity index (χ0) is 20.9. The molecule has 4 rings (SSSR count). The summed E-state index contributed by atoms with van der Waals surface area (Å²) in [5, 5.41) is 0. The first-order chi connectivity index (χ1) is 14.7. The molecule has 3 aliphatic heterocycles. The van der Waals surface area contributed by atoms with Gasteiger partial charge in [-0.2, -0.15) is 0 Å². The van der Waals surface area contributed by atoms with E-state index < -0.39 is 0 Å². The molecule has 0 N–H and O–H groups in total. The van der Waals surface area contributed by atoms with Gasteiger partial charge in [0.1, 0.15) is 0 Å². The van der Waals surface area contributed by atoms with E-state index in [1.165, 1.54) is 56.1 Å². The fourth-order valence-electron chi connectivity index (χ4n) is 5.27. The van der Waals surface area contributed by atoms with Crippen molar-refractivity contribution in [3.63, 3.8) is 0 Å². The summed E-state index contributed by atoms with van der Waals surface area (Å²) in [5.74, 6) is 0.621. The van der Waals surface area contributed by atoms with E-state index in [1.807, 2.05) is 0 Å². The van der Waals surface area contributed by atoms with E-state index >= 15 is 0 Å². The van der Waals surface area contributed by atoms with Crippen LogP contribution >= 0.6 is 0 Å². The van der Waals surface area contributed by atoms with E-state index in [9.17, 15) is 0 Å². The summed E-state index contributed by atoms with van der Waals surface area (Å²) < 4.78 is 20.4. The summed E-state index contributed by atoms with van der Waals surface area (Å²) in [7, 11) is 0. The Bertz CT molecular complexity index is 632. The average molecular weight is 480 g/mol. The van der Waals surface area contributed by atoms with Crippen molar-refractivity contribution in [2.75, 3.05) is 13.2 Å². The Balaban J connectivity index is 1.58. The van der Waals surface area contributed by atoms with Crippen LogP contribution in [0, 0.1) is 5.92 Å². The molecule has 3 nitrogen and oxygen atoms in total. The number of benzene rings is 1. The van der Waals surface area contributed by atoms with E-state index in [1.54, 1.807) is 4.46 Å². The van der Waals surface area contributed by atoms with Crippen LogP contribution < -0.4 is 4.46 Å². The summed E-state index contributed by atoms with van der Waals surface area (Å²) >= 11 is 0.378. The van der Waals surface area contributed by atoms with Gasteiger partial charge in [0.2, 0.25) is 0 Å². The molecule has 0 saturated carbocycles. The van der Waals surface area contributed by atoms with E-state index in [0.717, 1.165) is 26.1 Å². The molecule has 4 heteroatoms. The van der Waals surface area contributed by atoms with Crippen molar-refractivity contribution in [3.05, 3.63) is 29.3 Å². The number of hydrogen-bond acceptors (Lipinski definition) is 3. The maximum atomic E-state index is 6.52. The van der Waals surface area contributed by atoms with Gasteiger partial charge in [0.15, 0.2) is 0 Å². The monoisotopic (exact) mass is 480 g/mol. The molecular weight excluding hydrogens is 439 g/mol. The van der Waals surface area contributed by atoms with Gasteiger partial charge in [0, 0.05) is 0 Å². The van der Waals surface area contributed by atoms with Gasteiger partial charge >= 0.3 is 190 Å². The predicted molar refractivity (Wildman–Crippen MR) is 124 cm³/mol. The first kappa shape index (κ1) is 22.8. The standard InChI is InChI=1S/C26H40O3Se/c1-4-5-6-7-13-24-25(18(2)19(3)29-24)30-26-20(22-14-9-16-27-22)11-8-12-21(26)23-15-10-17-28-23/h8,11-12,18-19,22-25H,4-7,9-10,13-17H2,1-3H3/t18-,19-,22-,23-,24-,25+/m0/s1. The Labute approximate surface area is 189 Å². The summed E-state index contributed by atoms with van der Waals surface area (Å²) in [4.78, 5) is 0.650. The molecule has 0 amide bonds. The van der Waals surface area contributed by atoms with Crippen molar-refractivity contribution in [2.45, 2.75) is 108 Å². The Hall–Kier alpha value is -0.381. The van der Waals surface area contributed by atoms with Crippen LogP contribution in [0.1, 0.15) is 102 Å². The number of unbranched alkanes of at least 4 members (excludes halogenated alkanes) is 3. The number of ether oxygens (including phenoxy) is 3. The number of hydrogen-bond donors (Lipinski definition) is 0. The first-order valence-electron chi connectivity index (χ1n) is 12.4. The minimum absolute atomic E-state index is 0.279. The molecule has 0 unspecified atom stereocenters. The van der Waals surface area contributed by atoms with E-state index in [0.29, 0.717) is 37.9 Å². The molecule has 3 saturated heterocycles. The molecule has 1 aromatic rings.